The molecule has 2 aromatic heterocycles. The minimum Gasteiger partial charge on any atom is -0.367 e. The van der Waals surface area contributed by atoms with Crippen LogP contribution < -0.4 is 10.6 Å². The first-order valence-corrected chi connectivity index (χ1v) is 11.7. The molecule has 0 unspecified atom stereocenters. The van der Waals surface area contributed by atoms with Gasteiger partial charge in [-0.1, -0.05) is 44.9 Å². The second-order valence-electron chi connectivity index (χ2n) is 8.48. The molecule has 29 heavy (non-hydrogen) atoms. The van der Waals surface area contributed by atoms with Crippen LogP contribution in [0.3, 0.4) is 0 Å². The van der Waals surface area contributed by atoms with Gasteiger partial charge in [-0.15, -0.1) is 0 Å². The number of nitrogens with zero attached hydrogens (tertiary/aromatic N) is 4. The molecule has 2 aromatic rings. The highest BCUT2D eigenvalue weighted by Gasteiger charge is 2.18. The molecule has 0 bridgehead atoms. The van der Waals surface area contributed by atoms with Crippen molar-refractivity contribution in [1.82, 2.24) is 25.1 Å². The predicted octanol–water partition coefficient (Wildman–Crippen LogP) is 4.23. The van der Waals surface area contributed by atoms with Gasteiger partial charge in [0.1, 0.15) is 5.82 Å². The first-order valence-electron chi connectivity index (χ1n) is 10.9. The molecule has 7 nitrogen and oxygen atoms in total. The van der Waals surface area contributed by atoms with E-state index in [1.54, 1.807) is 11.8 Å². The molecular weight excluding hydrogens is 384 g/mol. The van der Waals surface area contributed by atoms with Crippen LogP contribution in [-0.2, 0) is 11.3 Å². The van der Waals surface area contributed by atoms with E-state index in [-0.39, 0.29) is 11.9 Å². The minimum absolute atomic E-state index is 0.154. The van der Waals surface area contributed by atoms with Crippen LogP contribution >= 0.6 is 11.8 Å². The van der Waals surface area contributed by atoms with Gasteiger partial charge in [-0.25, -0.2) is 14.6 Å². The monoisotopic (exact) mass is 418 g/mol. The molecule has 2 N–H and O–H groups in total. The molecule has 1 saturated carbocycles. The number of carbonyl (C=O) groups excluding carboxylic acids is 1. The Morgan fingerprint density at radius 2 is 1.97 bits per heavy atom. The maximum atomic E-state index is 12.3. The number of hydrogen-bond donors (Lipinski definition) is 2. The van der Waals surface area contributed by atoms with Gasteiger partial charge in [0.25, 0.3) is 0 Å². The number of anilines is 1. The number of carbonyl (C=O) groups is 1. The molecule has 0 spiro atoms. The third kappa shape index (κ3) is 6.32. The Hall–Kier alpha value is -1.83. The fourth-order valence-electron chi connectivity index (χ4n) is 3.77. The molecule has 160 valence electrons. The van der Waals surface area contributed by atoms with E-state index < -0.39 is 0 Å². The van der Waals surface area contributed by atoms with Crippen LogP contribution in [0.1, 0.15) is 66.2 Å². The Morgan fingerprint density at radius 1 is 1.21 bits per heavy atom. The van der Waals surface area contributed by atoms with Gasteiger partial charge in [0, 0.05) is 24.3 Å². The summed E-state index contributed by atoms with van der Waals surface area (Å²) < 4.78 is 1.87. The number of fused-ring (bicyclic) bond motifs is 1. The number of nitrogens with one attached hydrogen (secondary N) is 2. The van der Waals surface area contributed by atoms with Crippen LogP contribution in [0, 0.1) is 5.92 Å². The molecule has 2 heterocycles. The molecule has 0 aromatic carbocycles. The van der Waals surface area contributed by atoms with E-state index in [0.29, 0.717) is 30.7 Å². The minimum atomic E-state index is 0.154. The first-order chi connectivity index (χ1) is 13.9. The smallest absolute Gasteiger partial charge is 0.220 e. The lowest BCUT2D eigenvalue weighted by molar-refractivity contribution is -0.122. The molecule has 1 fully saturated rings. The zero-order valence-corrected chi connectivity index (χ0v) is 18.9. The Bertz CT molecular complexity index is 813. The Morgan fingerprint density at radius 3 is 2.66 bits per heavy atom. The van der Waals surface area contributed by atoms with E-state index in [2.05, 4.69) is 48.4 Å². The zero-order valence-electron chi connectivity index (χ0n) is 18.1. The summed E-state index contributed by atoms with van der Waals surface area (Å²) in [5.74, 6) is 1.53. The first kappa shape index (κ1) is 21.9. The van der Waals surface area contributed by atoms with Crippen molar-refractivity contribution in [3.63, 3.8) is 0 Å². The van der Waals surface area contributed by atoms with Gasteiger partial charge in [0.05, 0.1) is 18.1 Å². The number of rotatable bonds is 9. The van der Waals surface area contributed by atoms with Crippen molar-refractivity contribution >= 4 is 34.5 Å². The summed E-state index contributed by atoms with van der Waals surface area (Å²) in [5.41, 5.74) is 0.813. The van der Waals surface area contributed by atoms with Crippen LogP contribution in [0.4, 0.5) is 5.82 Å². The molecule has 0 atom stereocenters. The van der Waals surface area contributed by atoms with E-state index in [1.807, 2.05) is 10.9 Å². The summed E-state index contributed by atoms with van der Waals surface area (Å²) in [5, 5.41) is 13.0. The highest BCUT2D eigenvalue weighted by Crippen LogP contribution is 2.27. The van der Waals surface area contributed by atoms with Crippen molar-refractivity contribution in [2.75, 3.05) is 11.9 Å². The molecule has 0 radical (unpaired) electrons. The van der Waals surface area contributed by atoms with Gasteiger partial charge >= 0.3 is 0 Å². The third-order valence-electron chi connectivity index (χ3n) is 5.09. The average molecular weight is 419 g/mol. The molecule has 0 aliphatic heterocycles. The highest BCUT2D eigenvalue weighted by molar-refractivity contribution is 7.99. The van der Waals surface area contributed by atoms with Crippen molar-refractivity contribution in [1.29, 1.82) is 0 Å². The van der Waals surface area contributed by atoms with Crippen molar-refractivity contribution in [2.45, 2.75) is 89.2 Å². The molecule has 3 rings (SSSR count). The lowest BCUT2D eigenvalue weighted by atomic mass is 9.87. The van der Waals surface area contributed by atoms with E-state index in [9.17, 15) is 4.79 Å². The molecule has 0 saturated heterocycles. The number of aromatic nitrogens is 4. The summed E-state index contributed by atoms with van der Waals surface area (Å²) >= 11 is 1.64. The van der Waals surface area contributed by atoms with E-state index in [4.69, 9.17) is 4.98 Å². The molecule has 8 heteroatoms. The van der Waals surface area contributed by atoms with Crippen molar-refractivity contribution in [2.24, 2.45) is 5.92 Å². The number of amides is 1. The van der Waals surface area contributed by atoms with Crippen molar-refractivity contribution in [3.05, 3.63) is 6.20 Å². The summed E-state index contributed by atoms with van der Waals surface area (Å²) in [4.78, 5) is 21.7. The van der Waals surface area contributed by atoms with Crippen molar-refractivity contribution in [3.8, 4) is 0 Å². The summed E-state index contributed by atoms with van der Waals surface area (Å²) in [7, 11) is 0. The Kier molecular flexibility index (Phi) is 7.75. The summed E-state index contributed by atoms with van der Waals surface area (Å²) in [6, 6.07) is 0.271. The van der Waals surface area contributed by atoms with E-state index >= 15 is 0 Å². The maximum Gasteiger partial charge on any atom is 0.220 e. The quantitative estimate of drug-likeness (QED) is 0.468. The SMILES string of the molecule is CC(C)Nc1nc(SC(C)C)nc2c1cnn2CCNC(=O)CC1CCCCC1. The van der Waals surface area contributed by atoms with Gasteiger partial charge < -0.3 is 10.6 Å². The molecule has 1 aliphatic rings. The van der Waals surface area contributed by atoms with Crippen LogP contribution in [0.2, 0.25) is 0 Å². The van der Waals surface area contributed by atoms with Gasteiger partial charge in [-0.3, -0.25) is 4.79 Å². The zero-order chi connectivity index (χ0) is 20.8. The van der Waals surface area contributed by atoms with Crippen LogP contribution in [0.25, 0.3) is 11.0 Å². The van der Waals surface area contributed by atoms with Crippen LogP contribution in [0.15, 0.2) is 11.4 Å². The van der Waals surface area contributed by atoms with E-state index in [1.165, 1.54) is 32.1 Å². The fourth-order valence-corrected chi connectivity index (χ4v) is 4.48. The largest absolute Gasteiger partial charge is 0.367 e. The molecule has 1 amide bonds. The van der Waals surface area contributed by atoms with Crippen LogP contribution in [-0.4, -0.2) is 43.5 Å². The van der Waals surface area contributed by atoms with Gasteiger partial charge in [0.15, 0.2) is 10.8 Å². The Balaban J connectivity index is 1.66. The predicted molar refractivity (Wildman–Crippen MR) is 119 cm³/mol. The topological polar surface area (TPSA) is 84.7 Å². The summed E-state index contributed by atoms with van der Waals surface area (Å²) in [6.07, 6.45) is 8.69. The van der Waals surface area contributed by atoms with Gasteiger partial charge in [-0.05, 0) is 32.6 Å². The third-order valence-corrected chi connectivity index (χ3v) is 5.95. The standard InChI is InChI=1S/C21H34N6OS/c1-14(2)24-19-17-13-23-27(20(17)26-21(25-19)29-15(3)4)11-10-22-18(28)12-16-8-6-5-7-9-16/h13-16H,5-12H2,1-4H3,(H,22,28)(H,24,25,26). The van der Waals surface area contributed by atoms with Gasteiger partial charge in [-0.2, -0.15) is 5.10 Å². The number of thioether (sulfide) groups is 1. The van der Waals surface area contributed by atoms with Crippen molar-refractivity contribution < 1.29 is 4.79 Å². The fraction of sp³-hybridized carbons (Fsp3) is 0.714. The molecular formula is C21H34N6OS. The normalized spacial score (nSPS) is 15.4. The second kappa shape index (κ2) is 10.3. The van der Waals surface area contributed by atoms with E-state index in [0.717, 1.165) is 22.0 Å². The van der Waals surface area contributed by atoms with Gasteiger partial charge in [0.2, 0.25) is 5.91 Å². The second-order valence-corrected chi connectivity index (χ2v) is 10.0. The lowest BCUT2D eigenvalue weighted by Crippen LogP contribution is -2.29. The summed E-state index contributed by atoms with van der Waals surface area (Å²) in [6.45, 7) is 9.61. The highest BCUT2D eigenvalue weighted by atomic mass is 32.2. The molecule has 1 aliphatic carbocycles. The van der Waals surface area contributed by atoms with Crippen LogP contribution in [0.5, 0.6) is 0 Å². The maximum absolute atomic E-state index is 12.3. The average Bonchev–Trinajstić information content (AvgIpc) is 3.05. The lowest BCUT2D eigenvalue weighted by Gasteiger charge is -2.20. The number of hydrogen-bond acceptors (Lipinski definition) is 6. The Labute approximate surface area is 177 Å².